The van der Waals surface area contributed by atoms with Crippen LogP contribution in [-0.2, 0) is 13.1 Å². The SMILES string of the molecule is CCNC(=NCc1ccc(C)c(OC)c1)NCc1nc(C(C)C)cs1.I. The van der Waals surface area contributed by atoms with Crippen LogP contribution in [0.25, 0.3) is 0 Å². The van der Waals surface area contributed by atoms with Crippen LogP contribution in [0.2, 0.25) is 0 Å². The maximum atomic E-state index is 5.38. The van der Waals surface area contributed by atoms with Gasteiger partial charge in [0.05, 0.1) is 25.9 Å². The predicted octanol–water partition coefficient (Wildman–Crippen LogP) is 4.46. The molecule has 0 saturated heterocycles. The Morgan fingerprint density at radius 3 is 2.69 bits per heavy atom. The van der Waals surface area contributed by atoms with Crippen LogP contribution in [-0.4, -0.2) is 24.6 Å². The van der Waals surface area contributed by atoms with E-state index in [1.54, 1.807) is 18.4 Å². The molecule has 0 amide bonds. The number of hydrogen-bond acceptors (Lipinski definition) is 4. The van der Waals surface area contributed by atoms with E-state index in [-0.39, 0.29) is 24.0 Å². The number of ether oxygens (including phenoxy) is 1. The Morgan fingerprint density at radius 2 is 2.08 bits per heavy atom. The molecule has 7 heteroatoms. The quantitative estimate of drug-likeness (QED) is 0.344. The summed E-state index contributed by atoms with van der Waals surface area (Å²) in [5, 5.41) is 9.84. The van der Waals surface area contributed by atoms with E-state index in [2.05, 4.69) is 58.9 Å². The van der Waals surface area contributed by atoms with E-state index in [0.29, 0.717) is 19.0 Å². The zero-order valence-electron chi connectivity index (χ0n) is 16.1. The van der Waals surface area contributed by atoms with Crippen molar-refractivity contribution in [3.05, 3.63) is 45.4 Å². The van der Waals surface area contributed by atoms with E-state index in [0.717, 1.165) is 40.1 Å². The number of hydrogen-bond donors (Lipinski definition) is 2. The smallest absolute Gasteiger partial charge is 0.191 e. The highest BCUT2D eigenvalue weighted by Crippen LogP contribution is 2.19. The van der Waals surface area contributed by atoms with Gasteiger partial charge in [-0.05, 0) is 37.0 Å². The average molecular weight is 488 g/mol. The van der Waals surface area contributed by atoms with E-state index in [1.807, 2.05) is 13.0 Å². The molecule has 1 aromatic carbocycles. The first-order chi connectivity index (χ1) is 12.0. The number of methoxy groups -OCH3 is 1. The van der Waals surface area contributed by atoms with Crippen molar-refractivity contribution < 1.29 is 4.74 Å². The maximum Gasteiger partial charge on any atom is 0.191 e. The van der Waals surface area contributed by atoms with Crippen LogP contribution in [0.5, 0.6) is 5.75 Å². The highest BCUT2D eigenvalue weighted by atomic mass is 127. The molecule has 26 heavy (non-hydrogen) atoms. The molecule has 1 heterocycles. The zero-order valence-corrected chi connectivity index (χ0v) is 19.3. The topological polar surface area (TPSA) is 58.5 Å². The van der Waals surface area contributed by atoms with Gasteiger partial charge in [0.1, 0.15) is 10.8 Å². The Morgan fingerprint density at radius 1 is 1.31 bits per heavy atom. The number of halogens is 1. The van der Waals surface area contributed by atoms with E-state index >= 15 is 0 Å². The van der Waals surface area contributed by atoms with Crippen molar-refractivity contribution in [2.45, 2.75) is 46.7 Å². The van der Waals surface area contributed by atoms with Crippen molar-refractivity contribution in [2.75, 3.05) is 13.7 Å². The van der Waals surface area contributed by atoms with Gasteiger partial charge in [0.2, 0.25) is 0 Å². The third kappa shape index (κ3) is 6.75. The Kier molecular flexibility index (Phi) is 9.93. The molecule has 0 aliphatic rings. The molecule has 0 aliphatic carbocycles. The van der Waals surface area contributed by atoms with Gasteiger partial charge in [-0.2, -0.15) is 0 Å². The van der Waals surface area contributed by atoms with Gasteiger partial charge in [-0.25, -0.2) is 9.98 Å². The molecule has 2 N–H and O–H groups in total. The number of aromatic nitrogens is 1. The number of benzene rings is 1. The second-order valence-corrected chi connectivity index (χ2v) is 7.12. The summed E-state index contributed by atoms with van der Waals surface area (Å²) in [4.78, 5) is 9.31. The lowest BCUT2D eigenvalue weighted by atomic mass is 10.1. The molecule has 2 aromatic rings. The fourth-order valence-electron chi connectivity index (χ4n) is 2.31. The minimum absolute atomic E-state index is 0. The standard InChI is InChI=1S/C19H28N4OS.HI/c1-6-20-19(22-11-18-23-16(12-25-18)13(2)3)21-10-15-8-7-14(4)17(9-15)24-5;/h7-9,12-13H,6,10-11H2,1-5H3,(H2,20,21,22);1H. The number of aliphatic imine (C=N–C) groups is 1. The van der Waals surface area contributed by atoms with E-state index in [4.69, 9.17) is 4.74 Å². The number of rotatable bonds is 7. The molecule has 2 rings (SSSR count). The van der Waals surface area contributed by atoms with Gasteiger partial charge in [0.25, 0.3) is 0 Å². The molecule has 0 atom stereocenters. The van der Waals surface area contributed by atoms with Crippen LogP contribution in [0, 0.1) is 6.92 Å². The molecule has 0 aliphatic heterocycles. The van der Waals surface area contributed by atoms with Gasteiger partial charge in [0.15, 0.2) is 5.96 Å². The summed E-state index contributed by atoms with van der Waals surface area (Å²) in [7, 11) is 1.69. The number of aryl methyl sites for hydroxylation is 1. The third-order valence-electron chi connectivity index (χ3n) is 3.80. The van der Waals surface area contributed by atoms with Gasteiger partial charge in [-0.15, -0.1) is 35.3 Å². The fourth-order valence-corrected chi connectivity index (χ4v) is 3.20. The van der Waals surface area contributed by atoms with Crippen LogP contribution in [0.3, 0.4) is 0 Å². The Hall–Kier alpha value is -1.35. The van der Waals surface area contributed by atoms with Crippen molar-refractivity contribution >= 4 is 41.3 Å². The monoisotopic (exact) mass is 488 g/mol. The van der Waals surface area contributed by atoms with Crippen molar-refractivity contribution in [1.82, 2.24) is 15.6 Å². The van der Waals surface area contributed by atoms with Gasteiger partial charge in [-0.1, -0.05) is 26.0 Å². The maximum absolute atomic E-state index is 5.38. The number of nitrogens with zero attached hydrogens (tertiary/aromatic N) is 2. The highest BCUT2D eigenvalue weighted by molar-refractivity contribution is 14.0. The minimum Gasteiger partial charge on any atom is -0.496 e. The van der Waals surface area contributed by atoms with Crippen molar-refractivity contribution in [3.63, 3.8) is 0 Å². The van der Waals surface area contributed by atoms with Crippen LogP contribution >= 0.6 is 35.3 Å². The first kappa shape index (κ1) is 22.7. The summed E-state index contributed by atoms with van der Waals surface area (Å²) in [5.74, 6) is 2.15. The molecule has 5 nitrogen and oxygen atoms in total. The van der Waals surface area contributed by atoms with Crippen LogP contribution in [0.1, 0.15) is 48.5 Å². The van der Waals surface area contributed by atoms with Crippen molar-refractivity contribution in [3.8, 4) is 5.75 Å². The van der Waals surface area contributed by atoms with Gasteiger partial charge >= 0.3 is 0 Å². The molecule has 0 bridgehead atoms. The lowest BCUT2D eigenvalue weighted by Crippen LogP contribution is -2.36. The van der Waals surface area contributed by atoms with Gasteiger partial charge in [0, 0.05) is 11.9 Å². The second kappa shape index (κ2) is 11.4. The molecular formula is C19H29IN4OS. The van der Waals surface area contributed by atoms with Crippen LogP contribution in [0.15, 0.2) is 28.6 Å². The summed E-state index contributed by atoms with van der Waals surface area (Å²) >= 11 is 1.69. The Bertz CT molecular complexity index is 715. The summed E-state index contributed by atoms with van der Waals surface area (Å²) in [5.41, 5.74) is 3.40. The lowest BCUT2D eigenvalue weighted by Gasteiger charge is -2.11. The normalized spacial score (nSPS) is 11.2. The number of nitrogens with one attached hydrogen (secondary N) is 2. The van der Waals surface area contributed by atoms with E-state index < -0.39 is 0 Å². The molecule has 0 saturated carbocycles. The Labute approximate surface area is 177 Å². The van der Waals surface area contributed by atoms with Gasteiger partial charge < -0.3 is 15.4 Å². The Balaban J connectivity index is 0.00000338. The number of thiazole rings is 1. The van der Waals surface area contributed by atoms with Crippen molar-refractivity contribution in [1.29, 1.82) is 0 Å². The molecule has 1 aromatic heterocycles. The highest BCUT2D eigenvalue weighted by Gasteiger charge is 2.06. The van der Waals surface area contributed by atoms with Crippen LogP contribution < -0.4 is 15.4 Å². The first-order valence-electron chi connectivity index (χ1n) is 8.63. The zero-order chi connectivity index (χ0) is 18.2. The fraction of sp³-hybridized carbons (Fsp3) is 0.474. The first-order valence-corrected chi connectivity index (χ1v) is 9.51. The summed E-state index contributed by atoms with van der Waals surface area (Å²) in [6.45, 7) is 10.5. The summed E-state index contributed by atoms with van der Waals surface area (Å²) in [6.07, 6.45) is 0. The van der Waals surface area contributed by atoms with E-state index in [9.17, 15) is 0 Å². The molecule has 0 spiro atoms. The average Bonchev–Trinajstić information content (AvgIpc) is 3.08. The summed E-state index contributed by atoms with van der Waals surface area (Å²) in [6, 6.07) is 6.19. The molecule has 0 unspecified atom stereocenters. The second-order valence-electron chi connectivity index (χ2n) is 6.17. The molecule has 0 fully saturated rings. The van der Waals surface area contributed by atoms with Crippen molar-refractivity contribution in [2.24, 2.45) is 4.99 Å². The molecule has 144 valence electrons. The predicted molar refractivity (Wildman–Crippen MR) is 121 cm³/mol. The van der Waals surface area contributed by atoms with Gasteiger partial charge in [-0.3, -0.25) is 0 Å². The minimum atomic E-state index is 0. The molecule has 0 radical (unpaired) electrons. The molecular weight excluding hydrogens is 459 g/mol. The van der Waals surface area contributed by atoms with E-state index in [1.165, 1.54) is 0 Å². The van der Waals surface area contributed by atoms with Crippen LogP contribution in [0.4, 0.5) is 0 Å². The lowest BCUT2D eigenvalue weighted by molar-refractivity contribution is 0.411. The number of guanidine groups is 1. The third-order valence-corrected chi connectivity index (χ3v) is 4.67. The summed E-state index contributed by atoms with van der Waals surface area (Å²) < 4.78 is 5.38. The largest absolute Gasteiger partial charge is 0.496 e.